The van der Waals surface area contributed by atoms with Gasteiger partial charge in [0.1, 0.15) is 12.7 Å². The molecule has 1 unspecified atom stereocenters. The summed E-state index contributed by atoms with van der Waals surface area (Å²) in [6, 6.07) is 0.612. The molecule has 1 aromatic heterocycles. The molecule has 0 aliphatic carbocycles. The molecule has 0 bridgehead atoms. The fourth-order valence-corrected chi connectivity index (χ4v) is 2.35. The van der Waals surface area contributed by atoms with Crippen LogP contribution in [0.15, 0.2) is 24.3 Å². The molecule has 0 aromatic carbocycles. The monoisotopic (exact) mass is 234 g/mol. The molecule has 2 rings (SSSR count). The predicted molar refractivity (Wildman–Crippen MR) is 68.7 cm³/mol. The summed E-state index contributed by atoms with van der Waals surface area (Å²) in [5.74, 6) is 0. The molecule has 1 atom stereocenters. The predicted octanol–water partition coefficient (Wildman–Crippen LogP) is 2.10. The molecular formula is C13H22N4. The summed E-state index contributed by atoms with van der Waals surface area (Å²) in [4.78, 5) is 6.58. The molecule has 0 saturated carbocycles. The molecule has 0 amide bonds. The molecule has 4 nitrogen and oxygen atoms in total. The lowest BCUT2D eigenvalue weighted by Gasteiger charge is -2.34. The van der Waals surface area contributed by atoms with Crippen LogP contribution in [-0.4, -0.2) is 38.8 Å². The number of nitrogens with zero attached hydrogens (tertiary/aromatic N) is 4. The van der Waals surface area contributed by atoms with Gasteiger partial charge in [-0.3, -0.25) is 9.58 Å². The third-order valence-corrected chi connectivity index (χ3v) is 3.35. The van der Waals surface area contributed by atoms with E-state index in [1.165, 1.54) is 31.4 Å². The summed E-state index contributed by atoms with van der Waals surface area (Å²) in [6.07, 6.45) is 9.68. The van der Waals surface area contributed by atoms with Gasteiger partial charge in [-0.05, 0) is 33.2 Å². The Kier molecular flexibility index (Phi) is 4.31. The van der Waals surface area contributed by atoms with Crippen LogP contribution in [0, 0.1) is 0 Å². The van der Waals surface area contributed by atoms with Gasteiger partial charge in [-0.1, -0.05) is 18.1 Å². The van der Waals surface area contributed by atoms with Crippen molar-refractivity contribution >= 4 is 0 Å². The maximum absolute atomic E-state index is 4.20. The number of rotatable bonds is 4. The Morgan fingerprint density at radius 2 is 2.29 bits per heavy atom. The van der Waals surface area contributed by atoms with Gasteiger partial charge in [0.2, 0.25) is 0 Å². The van der Waals surface area contributed by atoms with Crippen molar-refractivity contribution in [3.05, 3.63) is 24.3 Å². The van der Waals surface area contributed by atoms with Gasteiger partial charge in [0, 0.05) is 12.6 Å². The first-order valence-corrected chi connectivity index (χ1v) is 6.45. The number of aromatic nitrogens is 3. The van der Waals surface area contributed by atoms with Crippen molar-refractivity contribution in [2.24, 2.45) is 0 Å². The summed E-state index contributed by atoms with van der Waals surface area (Å²) >= 11 is 0. The van der Waals surface area contributed by atoms with E-state index in [4.69, 9.17) is 0 Å². The third kappa shape index (κ3) is 3.66. The van der Waals surface area contributed by atoms with E-state index in [0.717, 1.165) is 13.1 Å². The van der Waals surface area contributed by atoms with Crippen LogP contribution in [0.25, 0.3) is 0 Å². The summed E-state index contributed by atoms with van der Waals surface area (Å²) in [6.45, 7) is 7.58. The van der Waals surface area contributed by atoms with E-state index < -0.39 is 0 Å². The van der Waals surface area contributed by atoms with Crippen LogP contribution in [0.3, 0.4) is 0 Å². The second kappa shape index (κ2) is 5.96. The Bertz CT molecular complexity index is 352. The first-order valence-electron chi connectivity index (χ1n) is 6.45. The molecule has 0 radical (unpaired) electrons. The fourth-order valence-electron chi connectivity index (χ4n) is 2.35. The van der Waals surface area contributed by atoms with Crippen LogP contribution in [0.5, 0.6) is 0 Å². The van der Waals surface area contributed by atoms with Crippen molar-refractivity contribution in [2.75, 3.05) is 13.1 Å². The van der Waals surface area contributed by atoms with E-state index in [1.54, 1.807) is 6.33 Å². The number of likely N-dealkylation sites (tertiary alicyclic amines) is 1. The molecule has 0 N–H and O–H groups in total. The molecule has 94 valence electrons. The maximum Gasteiger partial charge on any atom is 0.137 e. The van der Waals surface area contributed by atoms with Crippen molar-refractivity contribution in [1.29, 1.82) is 0 Å². The first-order chi connectivity index (χ1) is 8.25. The highest BCUT2D eigenvalue weighted by Crippen LogP contribution is 2.18. The van der Waals surface area contributed by atoms with Crippen molar-refractivity contribution < 1.29 is 0 Å². The lowest BCUT2D eigenvalue weighted by Crippen LogP contribution is -2.42. The molecule has 1 saturated heterocycles. The summed E-state index contributed by atoms with van der Waals surface area (Å²) in [7, 11) is 0. The van der Waals surface area contributed by atoms with Crippen molar-refractivity contribution in [3.8, 4) is 0 Å². The Morgan fingerprint density at radius 1 is 1.41 bits per heavy atom. The molecule has 17 heavy (non-hydrogen) atoms. The highest BCUT2D eigenvalue weighted by atomic mass is 15.3. The minimum Gasteiger partial charge on any atom is -0.295 e. The van der Waals surface area contributed by atoms with Crippen molar-refractivity contribution in [1.82, 2.24) is 19.7 Å². The van der Waals surface area contributed by atoms with Crippen LogP contribution in [0.2, 0.25) is 0 Å². The zero-order valence-electron chi connectivity index (χ0n) is 10.8. The second-order valence-corrected chi connectivity index (χ2v) is 5.04. The van der Waals surface area contributed by atoms with Gasteiger partial charge in [0.15, 0.2) is 0 Å². The minimum atomic E-state index is 0.612. The smallest absolute Gasteiger partial charge is 0.137 e. The van der Waals surface area contributed by atoms with Crippen LogP contribution in [0.4, 0.5) is 0 Å². The first kappa shape index (κ1) is 12.3. The average molecular weight is 234 g/mol. The van der Waals surface area contributed by atoms with E-state index in [1.807, 2.05) is 11.0 Å². The quantitative estimate of drug-likeness (QED) is 0.748. The van der Waals surface area contributed by atoms with Gasteiger partial charge >= 0.3 is 0 Å². The van der Waals surface area contributed by atoms with E-state index in [0.29, 0.717) is 6.04 Å². The van der Waals surface area contributed by atoms with Crippen molar-refractivity contribution in [3.63, 3.8) is 0 Å². The minimum absolute atomic E-state index is 0.612. The molecule has 1 aromatic rings. The highest BCUT2D eigenvalue weighted by molar-refractivity contribution is 4.96. The Morgan fingerprint density at radius 3 is 3.00 bits per heavy atom. The molecule has 1 aliphatic heterocycles. The SMILES string of the molecule is CC(C)=CCN1CCCCC1Cn1cncn1. The van der Waals surface area contributed by atoms with Gasteiger partial charge in [0.05, 0.1) is 6.54 Å². The zero-order valence-corrected chi connectivity index (χ0v) is 10.8. The molecule has 2 heterocycles. The van der Waals surface area contributed by atoms with E-state index in [9.17, 15) is 0 Å². The summed E-state index contributed by atoms with van der Waals surface area (Å²) in [5, 5.41) is 4.20. The van der Waals surface area contributed by atoms with Gasteiger partial charge < -0.3 is 0 Å². The van der Waals surface area contributed by atoms with Crippen LogP contribution >= 0.6 is 0 Å². The second-order valence-electron chi connectivity index (χ2n) is 5.04. The average Bonchev–Trinajstić information content (AvgIpc) is 2.80. The topological polar surface area (TPSA) is 34.0 Å². The Hall–Kier alpha value is -1.16. The van der Waals surface area contributed by atoms with E-state index in [2.05, 4.69) is 34.9 Å². The lowest BCUT2D eigenvalue weighted by atomic mass is 10.0. The van der Waals surface area contributed by atoms with Crippen LogP contribution in [-0.2, 0) is 6.54 Å². The van der Waals surface area contributed by atoms with E-state index >= 15 is 0 Å². The third-order valence-electron chi connectivity index (χ3n) is 3.35. The summed E-state index contributed by atoms with van der Waals surface area (Å²) < 4.78 is 1.95. The van der Waals surface area contributed by atoms with E-state index in [-0.39, 0.29) is 0 Å². The highest BCUT2D eigenvalue weighted by Gasteiger charge is 2.21. The molecule has 4 heteroatoms. The number of allylic oxidation sites excluding steroid dienone is 1. The fraction of sp³-hybridized carbons (Fsp3) is 0.692. The number of hydrogen-bond donors (Lipinski definition) is 0. The van der Waals surface area contributed by atoms with Gasteiger partial charge in [-0.2, -0.15) is 5.10 Å². The largest absolute Gasteiger partial charge is 0.295 e. The molecular weight excluding hydrogens is 212 g/mol. The van der Waals surface area contributed by atoms with Crippen LogP contribution in [0.1, 0.15) is 33.1 Å². The molecule has 1 aliphatic rings. The summed E-state index contributed by atoms with van der Waals surface area (Å²) in [5.41, 5.74) is 1.40. The standard InChI is InChI=1S/C13H22N4/c1-12(2)6-8-16-7-4-3-5-13(16)9-17-11-14-10-15-17/h6,10-11,13H,3-5,7-9H2,1-2H3. The van der Waals surface area contributed by atoms with Crippen LogP contribution < -0.4 is 0 Å². The number of hydrogen-bond acceptors (Lipinski definition) is 3. The van der Waals surface area contributed by atoms with Gasteiger partial charge in [-0.15, -0.1) is 0 Å². The lowest BCUT2D eigenvalue weighted by molar-refractivity contribution is 0.144. The maximum atomic E-state index is 4.20. The number of piperidine rings is 1. The molecule has 0 spiro atoms. The zero-order chi connectivity index (χ0) is 12.1. The van der Waals surface area contributed by atoms with Gasteiger partial charge in [-0.25, -0.2) is 4.98 Å². The van der Waals surface area contributed by atoms with Gasteiger partial charge in [0.25, 0.3) is 0 Å². The molecule has 1 fully saturated rings. The van der Waals surface area contributed by atoms with Crippen molar-refractivity contribution in [2.45, 2.75) is 45.7 Å². The Labute approximate surface area is 103 Å². The normalized spacial score (nSPS) is 21.4. The Balaban J connectivity index is 1.94.